The van der Waals surface area contributed by atoms with E-state index in [4.69, 9.17) is 14.5 Å². The zero-order valence-electron chi connectivity index (χ0n) is 20.2. The van der Waals surface area contributed by atoms with Crippen LogP contribution in [0.5, 0.6) is 5.75 Å². The minimum Gasteiger partial charge on any atom is -0.497 e. The van der Waals surface area contributed by atoms with Gasteiger partial charge in [-0.2, -0.15) is 0 Å². The SMILES string of the molecule is COc1ccc(C[C@H](NC(=O)OC(C)(C)C)c2nc(-c3ccc4cnccc4c3)cn2C)cc1. The number of pyridine rings is 1. The number of hydrogen-bond acceptors (Lipinski definition) is 5. The second kappa shape index (κ2) is 9.55. The molecule has 2 aromatic carbocycles. The van der Waals surface area contributed by atoms with Crippen LogP contribution in [0, 0.1) is 0 Å². The highest BCUT2D eigenvalue weighted by Gasteiger charge is 2.24. The normalized spacial score (nSPS) is 12.4. The fourth-order valence-corrected chi connectivity index (χ4v) is 3.84. The van der Waals surface area contributed by atoms with Gasteiger partial charge in [-0.1, -0.05) is 24.3 Å². The molecule has 1 atom stereocenters. The van der Waals surface area contributed by atoms with E-state index in [1.54, 1.807) is 13.3 Å². The molecule has 7 heteroatoms. The topological polar surface area (TPSA) is 78.3 Å². The molecule has 0 spiro atoms. The van der Waals surface area contributed by atoms with Gasteiger partial charge in [0.05, 0.1) is 18.8 Å². The third kappa shape index (κ3) is 5.54. The number of alkyl carbamates (subject to hydrolysis) is 1. The van der Waals surface area contributed by atoms with Crippen molar-refractivity contribution in [2.45, 2.75) is 38.8 Å². The van der Waals surface area contributed by atoms with Gasteiger partial charge in [0.25, 0.3) is 0 Å². The molecule has 0 saturated carbocycles. The molecule has 0 radical (unpaired) electrons. The second-order valence-electron chi connectivity index (χ2n) is 9.28. The Morgan fingerprint density at radius 1 is 1.09 bits per heavy atom. The first-order valence-electron chi connectivity index (χ1n) is 11.2. The molecule has 0 aliphatic heterocycles. The lowest BCUT2D eigenvalue weighted by Gasteiger charge is -2.23. The molecule has 34 heavy (non-hydrogen) atoms. The smallest absolute Gasteiger partial charge is 0.408 e. The summed E-state index contributed by atoms with van der Waals surface area (Å²) in [7, 11) is 3.58. The van der Waals surface area contributed by atoms with Crippen LogP contribution in [0.15, 0.2) is 67.1 Å². The molecule has 2 heterocycles. The van der Waals surface area contributed by atoms with E-state index >= 15 is 0 Å². The van der Waals surface area contributed by atoms with Gasteiger partial charge in [0, 0.05) is 43.0 Å². The Morgan fingerprint density at radius 3 is 2.56 bits per heavy atom. The van der Waals surface area contributed by atoms with Gasteiger partial charge in [0.2, 0.25) is 0 Å². The van der Waals surface area contributed by atoms with Crippen molar-refractivity contribution in [2.75, 3.05) is 7.11 Å². The Morgan fingerprint density at radius 2 is 1.85 bits per heavy atom. The van der Waals surface area contributed by atoms with Gasteiger partial charge < -0.3 is 19.4 Å². The lowest BCUT2D eigenvalue weighted by molar-refractivity contribution is 0.0500. The summed E-state index contributed by atoms with van der Waals surface area (Å²) in [6.45, 7) is 5.54. The molecule has 1 N–H and O–H groups in total. The molecule has 7 nitrogen and oxygen atoms in total. The summed E-state index contributed by atoms with van der Waals surface area (Å²) in [6.07, 6.45) is 5.69. The minimum absolute atomic E-state index is 0.383. The quantitative estimate of drug-likeness (QED) is 0.416. The third-order valence-electron chi connectivity index (χ3n) is 5.45. The molecule has 0 aliphatic carbocycles. The number of ether oxygens (including phenoxy) is 2. The van der Waals surface area contributed by atoms with Crippen molar-refractivity contribution in [1.29, 1.82) is 0 Å². The van der Waals surface area contributed by atoms with Crippen molar-refractivity contribution in [2.24, 2.45) is 7.05 Å². The first-order valence-corrected chi connectivity index (χ1v) is 11.2. The molecule has 0 bridgehead atoms. The molecule has 0 unspecified atom stereocenters. The van der Waals surface area contributed by atoms with E-state index < -0.39 is 11.7 Å². The number of imidazole rings is 1. The minimum atomic E-state index is -0.596. The monoisotopic (exact) mass is 458 g/mol. The van der Waals surface area contributed by atoms with Crippen LogP contribution in [0.2, 0.25) is 0 Å². The summed E-state index contributed by atoms with van der Waals surface area (Å²) in [4.78, 5) is 21.8. The van der Waals surface area contributed by atoms with Gasteiger partial charge in [0.1, 0.15) is 17.2 Å². The number of aryl methyl sites for hydroxylation is 1. The van der Waals surface area contributed by atoms with Gasteiger partial charge in [-0.05, 0) is 56.0 Å². The van der Waals surface area contributed by atoms with Gasteiger partial charge >= 0.3 is 6.09 Å². The zero-order valence-corrected chi connectivity index (χ0v) is 20.2. The third-order valence-corrected chi connectivity index (χ3v) is 5.45. The number of methoxy groups -OCH3 is 1. The Kier molecular flexibility index (Phi) is 6.54. The van der Waals surface area contributed by atoms with E-state index in [0.29, 0.717) is 6.42 Å². The summed E-state index contributed by atoms with van der Waals surface area (Å²) in [5, 5.41) is 5.19. The zero-order chi connectivity index (χ0) is 24.3. The Labute approximate surface area is 199 Å². The molecule has 1 amide bonds. The molecular weight excluding hydrogens is 428 g/mol. The summed E-state index contributed by atoms with van der Waals surface area (Å²) in [5.41, 5.74) is 2.29. The van der Waals surface area contributed by atoms with Crippen LogP contribution in [0.4, 0.5) is 4.79 Å². The van der Waals surface area contributed by atoms with Crippen molar-refractivity contribution in [3.05, 3.63) is 78.5 Å². The average molecular weight is 459 g/mol. The number of fused-ring (bicyclic) bond motifs is 1. The Balaban J connectivity index is 1.66. The molecule has 176 valence electrons. The first-order chi connectivity index (χ1) is 16.2. The van der Waals surface area contributed by atoms with Crippen molar-refractivity contribution in [3.63, 3.8) is 0 Å². The molecule has 0 aliphatic rings. The van der Waals surface area contributed by atoms with E-state index in [1.807, 2.05) is 87.2 Å². The van der Waals surface area contributed by atoms with Crippen molar-refractivity contribution < 1.29 is 14.3 Å². The largest absolute Gasteiger partial charge is 0.497 e. The van der Waals surface area contributed by atoms with Gasteiger partial charge in [0.15, 0.2) is 0 Å². The number of hydrogen-bond donors (Lipinski definition) is 1. The van der Waals surface area contributed by atoms with Crippen LogP contribution in [-0.4, -0.2) is 33.3 Å². The molecule has 2 aromatic heterocycles. The highest BCUT2D eigenvalue weighted by molar-refractivity contribution is 5.86. The Bertz CT molecular complexity index is 1290. The maximum absolute atomic E-state index is 12.7. The van der Waals surface area contributed by atoms with Crippen LogP contribution in [0.3, 0.4) is 0 Å². The van der Waals surface area contributed by atoms with Crippen LogP contribution >= 0.6 is 0 Å². The highest BCUT2D eigenvalue weighted by Crippen LogP contribution is 2.27. The van der Waals surface area contributed by atoms with E-state index in [1.165, 1.54) is 0 Å². The fourth-order valence-electron chi connectivity index (χ4n) is 3.84. The van der Waals surface area contributed by atoms with Crippen molar-refractivity contribution in [1.82, 2.24) is 19.9 Å². The molecule has 4 rings (SSSR count). The van der Waals surface area contributed by atoms with Gasteiger partial charge in [-0.3, -0.25) is 4.98 Å². The van der Waals surface area contributed by atoms with Crippen molar-refractivity contribution >= 4 is 16.9 Å². The summed E-state index contributed by atoms with van der Waals surface area (Å²) in [6, 6.07) is 15.6. The van der Waals surface area contributed by atoms with E-state index in [0.717, 1.165) is 39.2 Å². The number of aromatic nitrogens is 3. The second-order valence-corrected chi connectivity index (χ2v) is 9.28. The number of benzene rings is 2. The maximum atomic E-state index is 12.7. The number of amides is 1. The summed E-state index contributed by atoms with van der Waals surface area (Å²) < 4.78 is 12.8. The molecular formula is C27H30N4O3. The van der Waals surface area contributed by atoms with Crippen LogP contribution in [0.25, 0.3) is 22.0 Å². The van der Waals surface area contributed by atoms with E-state index in [9.17, 15) is 4.79 Å². The number of carbonyl (C=O) groups is 1. The number of rotatable bonds is 6. The first kappa shape index (κ1) is 23.3. The van der Waals surface area contributed by atoms with Crippen LogP contribution < -0.4 is 10.1 Å². The number of carbonyl (C=O) groups excluding carboxylic acids is 1. The number of nitrogens with zero attached hydrogens (tertiary/aromatic N) is 3. The van der Waals surface area contributed by atoms with Crippen molar-refractivity contribution in [3.8, 4) is 17.0 Å². The molecule has 0 fully saturated rings. The maximum Gasteiger partial charge on any atom is 0.408 e. The van der Waals surface area contributed by atoms with Crippen LogP contribution in [-0.2, 0) is 18.2 Å². The lowest BCUT2D eigenvalue weighted by atomic mass is 10.0. The van der Waals surface area contributed by atoms with Crippen LogP contribution in [0.1, 0.15) is 38.2 Å². The molecule has 0 saturated heterocycles. The fraction of sp³-hybridized carbons (Fsp3) is 0.296. The van der Waals surface area contributed by atoms with E-state index in [-0.39, 0.29) is 6.04 Å². The standard InChI is InChI=1S/C27H30N4O3/c1-27(2,3)34-26(32)30-23(14-18-6-10-22(33-5)11-7-18)25-29-24(17-31(25)4)20-8-9-21-16-28-13-12-19(21)15-20/h6-13,15-17,23H,14H2,1-5H3,(H,30,32)/t23-/m0/s1. The average Bonchev–Trinajstić information content (AvgIpc) is 3.19. The predicted octanol–water partition coefficient (Wildman–Crippen LogP) is 5.45. The highest BCUT2D eigenvalue weighted by atomic mass is 16.6. The van der Waals surface area contributed by atoms with Gasteiger partial charge in [-0.25, -0.2) is 9.78 Å². The Hall–Kier alpha value is -3.87. The summed E-state index contributed by atoms with van der Waals surface area (Å²) in [5.74, 6) is 1.53. The van der Waals surface area contributed by atoms with E-state index in [2.05, 4.69) is 16.4 Å². The summed E-state index contributed by atoms with van der Waals surface area (Å²) >= 11 is 0. The lowest BCUT2D eigenvalue weighted by Crippen LogP contribution is -2.36. The van der Waals surface area contributed by atoms with Gasteiger partial charge in [-0.15, -0.1) is 0 Å². The molecule has 4 aromatic rings. The number of nitrogens with one attached hydrogen (secondary N) is 1. The predicted molar refractivity (Wildman–Crippen MR) is 133 cm³/mol.